The van der Waals surface area contributed by atoms with E-state index in [2.05, 4.69) is 457 Å². The Morgan fingerprint density at radius 1 is 0.149 bits per heavy atom. The van der Waals surface area contributed by atoms with E-state index in [1.165, 1.54) is 172 Å². The summed E-state index contributed by atoms with van der Waals surface area (Å²) in [6, 6.07) is 154. The summed E-state index contributed by atoms with van der Waals surface area (Å²) < 4.78 is 0. The van der Waals surface area contributed by atoms with Crippen molar-refractivity contribution in [1.82, 2.24) is 0 Å². The second-order valence-corrected chi connectivity index (χ2v) is 31.0. The van der Waals surface area contributed by atoms with Crippen LogP contribution in [-0.2, 0) is 16.2 Å². The second kappa shape index (κ2) is 34.2. The molecule has 554 valence electrons. The average molecular weight is 1470 g/mol. The van der Waals surface area contributed by atoms with Gasteiger partial charge in [0.15, 0.2) is 0 Å². The fraction of sp³-hybridized carbons (Fsp3) is 0.105. The summed E-state index contributed by atoms with van der Waals surface area (Å²) in [5, 5.41) is 0. The fourth-order valence-corrected chi connectivity index (χ4v) is 17.5. The lowest BCUT2D eigenvalue weighted by Crippen LogP contribution is -2.28. The van der Waals surface area contributed by atoms with Crippen LogP contribution in [0.2, 0.25) is 0 Å². The van der Waals surface area contributed by atoms with E-state index in [4.69, 9.17) is 0 Å². The van der Waals surface area contributed by atoms with E-state index in [0.29, 0.717) is 0 Å². The number of hydrogen-bond acceptors (Lipinski definition) is 0. The molecule has 0 bridgehead atoms. The highest BCUT2D eigenvalue weighted by Gasteiger charge is 2.52. The van der Waals surface area contributed by atoms with E-state index < -0.39 is 0 Å². The summed E-state index contributed by atoms with van der Waals surface area (Å²) in [6.07, 6.45) is 0. The minimum Gasteiger partial charge on any atom is -0.0622 e. The Morgan fingerprint density at radius 3 is 0.825 bits per heavy atom. The zero-order valence-electron chi connectivity index (χ0n) is 67.0. The molecule has 0 saturated carbocycles. The molecule has 21 rings (SSSR count). The maximum atomic E-state index is 2.40. The van der Waals surface area contributed by atoms with Gasteiger partial charge in [0.1, 0.15) is 0 Å². The maximum absolute atomic E-state index is 2.40. The minimum atomic E-state index is -0.263. The van der Waals surface area contributed by atoms with Gasteiger partial charge in [0, 0.05) is 5.41 Å². The Hall–Kier alpha value is -13.3. The van der Waals surface area contributed by atoms with Gasteiger partial charge in [-0.2, -0.15) is 0 Å². The van der Waals surface area contributed by atoms with E-state index in [0.717, 1.165) is 0 Å². The third kappa shape index (κ3) is 15.4. The van der Waals surface area contributed by atoms with Crippen molar-refractivity contribution in [2.45, 2.75) is 78.6 Å². The molecule has 4 aliphatic rings. The molecule has 0 heterocycles. The summed E-state index contributed by atoms with van der Waals surface area (Å²) >= 11 is 0. The standard InChI is InChI=1S/C26H18.C26H20.C16H16.3C13H12.C7H8/c1-17-14-15-21-20-10-4-7-13-24(20)26(25(21)16-17)22-11-5-2-8-18(22)19-9-3-6-12-23(19)26;1-19-16-17-23-22-14-8-9-15-24(22)26(25(23)18-19,20-10-4-2-5-11-20)21-12-6-3-7-13-21;1-11-8-9-13-12-6-4-5-7-14(12)16(2,3)15(13)10-11;1-11-7-5-6-10-13(11)12-8-3-2-4-9-12;1-11-6-5-9-13(10-11)12-7-3-2-4-8-12;1-11-7-9-13(10-8-11)12-5-3-2-4-6-12;1-7-5-3-2-4-6-7/h2-16H,1H3;2-18H,1H3;4-10H,1-3H3;3*2-10H,1H3;2-6H,1H3. The SMILES string of the molecule is Cc1ccc(-c2ccccc2)cc1.Cc1ccc2c(c1)C(C)(C)c1ccccc1-2.Cc1ccc2c(c1)C(c1ccccc1)(c1ccccc1)c1ccccc1-2.Cc1ccc2c(c1)C1(c3ccccc3-c3ccccc31)c1ccccc1-2.Cc1cccc(-c2ccccc2)c1.Cc1ccccc1.Cc1ccccc1-c1ccccc1. The third-order valence-corrected chi connectivity index (χ3v) is 23.0. The molecule has 0 saturated heterocycles. The van der Waals surface area contributed by atoms with Crippen LogP contribution in [0.3, 0.4) is 0 Å². The van der Waals surface area contributed by atoms with Gasteiger partial charge >= 0.3 is 0 Å². The Labute approximate surface area is 677 Å². The molecule has 0 unspecified atom stereocenters. The molecule has 4 aliphatic carbocycles. The van der Waals surface area contributed by atoms with Gasteiger partial charge in [-0.1, -0.05) is 478 Å². The van der Waals surface area contributed by atoms with Crippen molar-refractivity contribution in [2.75, 3.05) is 0 Å². The van der Waals surface area contributed by atoms with Crippen LogP contribution < -0.4 is 0 Å². The van der Waals surface area contributed by atoms with E-state index in [1.54, 1.807) is 0 Å². The van der Waals surface area contributed by atoms with Crippen molar-refractivity contribution < 1.29 is 0 Å². The number of rotatable bonds is 5. The molecule has 0 N–H and O–H groups in total. The van der Waals surface area contributed by atoms with E-state index >= 15 is 0 Å². The fourth-order valence-electron chi connectivity index (χ4n) is 17.5. The Balaban J connectivity index is 0.000000109. The van der Waals surface area contributed by atoms with Crippen LogP contribution in [0.1, 0.15) is 108 Å². The molecule has 17 aromatic carbocycles. The molecule has 0 aliphatic heterocycles. The molecular weight excluding hydrogens is 1370 g/mol. The summed E-state index contributed by atoms with van der Waals surface area (Å²) in [5.74, 6) is 0. The van der Waals surface area contributed by atoms with Crippen LogP contribution in [0.15, 0.2) is 431 Å². The van der Waals surface area contributed by atoms with Crippen molar-refractivity contribution in [2.24, 2.45) is 0 Å². The van der Waals surface area contributed by atoms with Crippen molar-refractivity contribution in [3.8, 4) is 77.9 Å². The Bertz CT molecular complexity index is 5900. The zero-order chi connectivity index (χ0) is 78.6. The Kier molecular flexibility index (Phi) is 22.8. The Morgan fingerprint density at radius 2 is 0.412 bits per heavy atom. The number of hydrogen-bond donors (Lipinski definition) is 0. The third-order valence-electron chi connectivity index (χ3n) is 23.0. The van der Waals surface area contributed by atoms with E-state index in [9.17, 15) is 0 Å². The number of fused-ring (bicyclic) bond motifs is 16. The quantitative estimate of drug-likeness (QED) is 0.161. The molecule has 1 spiro atoms. The lowest BCUT2D eigenvalue weighted by Gasteiger charge is -2.34. The predicted octanol–water partition coefficient (Wildman–Crippen LogP) is 30.0. The van der Waals surface area contributed by atoms with Gasteiger partial charge in [0.25, 0.3) is 0 Å². The molecule has 0 aromatic heterocycles. The van der Waals surface area contributed by atoms with Crippen LogP contribution in [0.4, 0.5) is 0 Å². The molecule has 17 aromatic rings. The normalized spacial score (nSPS) is 12.6. The minimum absolute atomic E-state index is 0.151. The lowest BCUT2D eigenvalue weighted by molar-refractivity contribution is 0.660. The lowest BCUT2D eigenvalue weighted by atomic mass is 9.67. The molecule has 0 amide bonds. The molecule has 0 heteroatoms. The second-order valence-electron chi connectivity index (χ2n) is 31.0. The van der Waals surface area contributed by atoms with Gasteiger partial charge in [-0.05, 0) is 188 Å². The predicted molar refractivity (Wildman–Crippen MR) is 486 cm³/mol. The topological polar surface area (TPSA) is 0 Å². The summed E-state index contributed by atoms with van der Waals surface area (Å²) in [4.78, 5) is 0. The van der Waals surface area contributed by atoms with Gasteiger partial charge in [0.2, 0.25) is 0 Å². The summed E-state index contributed by atoms with van der Waals surface area (Å²) in [5.41, 5.74) is 41.7. The summed E-state index contributed by atoms with van der Waals surface area (Å²) in [6.45, 7) is 19.6. The van der Waals surface area contributed by atoms with E-state index in [1.807, 2.05) is 36.4 Å². The van der Waals surface area contributed by atoms with Crippen molar-refractivity contribution in [1.29, 1.82) is 0 Å². The van der Waals surface area contributed by atoms with Crippen LogP contribution in [0.5, 0.6) is 0 Å². The van der Waals surface area contributed by atoms with Crippen LogP contribution in [0, 0.1) is 48.5 Å². The number of benzene rings is 17. The maximum Gasteiger partial charge on any atom is 0.0725 e. The van der Waals surface area contributed by atoms with Crippen LogP contribution in [-0.4, -0.2) is 0 Å². The first kappa shape index (κ1) is 76.1. The van der Waals surface area contributed by atoms with E-state index in [-0.39, 0.29) is 16.2 Å². The molecule has 0 fully saturated rings. The first-order valence-electron chi connectivity index (χ1n) is 40.0. The average Bonchev–Trinajstić information content (AvgIpc) is 1.51. The van der Waals surface area contributed by atoms with Crippen molar-refractivity contribution in [3.63, 3.8) is 0 Å². The molecule has 0 atom stereocenters. The van der Waals surface area contributed by atoms with Gasteiger partial charge in [-0.3, -0.25) is 0 Å². The highest BCUT2D eigenvalue weighted by molar-refractivity contribution is 5.95. The van der Waals surface area contributed by atoms with Crippen molar-refractivity contribution in [3.05, 3.63) is 525 Å². The van der Waals surface area contributed by atoms with Gasteiger partial charge in [0.05, 0.1) is 10.8 Å². The van der Waals surface area contributed by atoms with Gasteiger partial charge in [-0.15, -0.1) is 0 Å². The first-order valence-corrected chi connectivity index (χ1v) is 40.0. The van der Waals surface area contributed by atoms with Crippen LogP contribution in [0.25, 0.3) is 77.9 Å². The monoisotopic (exact) mass is 1470 g/mol. The highest BCUT2D eigenvalue weighted by Crippen LogP contribution is 2.63. The molecule has 114 heavy (non-hydrogen) atoms. The number of aryl methyl sites for hydroxylation is 7. The van der Waals surface area contributed by atoms with Gasteiger partial charge in [-0.25, -0.2) is 0 Å². The largest absolute Gasteiger partial charge is 0.0725 e. The van der Waals surface area contributed by atoms with Crippen molar-refractivity contribution >= 4 is 0 Å². The van der Waals surface area contributed by atoms with Crippen LogP contribution >= 0.6 is 0 Å². The smallest absolute Gasteiger partial charge is 0.0622 e. The highest BCUT2D eigenvalue weighted by atomic mass is 14.5. The zero-order valence-corrected chi connectivity index (χ0v) is 67.0. The van der Waals surface area contributed by atoms with Gasteiger partial charge < -0.3 is 0 Å². The molecule has 0 radical (unpaired) electrons. The first-order chi connectivity index (χ1) is 55.7. The molecular formula is C114H98. The molecule has 0 nitrogen and oxygen atoms in total. The summed E-state index contributed by atoms with van der Waals surface area (Å²) in [7, 11) is 0.